The molecule has 0 aliphatic carbocycles. The molecule has 0 saturated carbocycles. The summed E-state index contributed by atoms with van der Waals surface area (Å²) in [6.45, 7) is 6.45. The molecule has 0 fully saturated rings. The van der Waals surface area contributed by atoms with E-state index in [2.05, 4.69) is 50.0 Å². The van der Waals surface area contributed by atoms with Crippen LogP contribution >= 0.6 is 0 Å². The number of unbranched alkanes of at least 4 members (excludes halogenated alkanes) is 1. The van der Waals surface area contributed by atoms with Gasteiger partial charge in [0, 0.05) is 11.1 Å². The molecule has 0 atom stereocenters. The molecule has 0 aliphatic heterocycles. The SMILES string of the molecule is CCCCc1ccc2nc(C)cc(C)c2c1. The Labute approximate surface area is 97.5 Å². The van der Waals surface area contributed by atoms with Gasteiger partial charge in [-0.3, -0.25) is 4.98 Å². The van der Waals surface area contributed by atoms with E-state index in [1.54, 1.807) is 0 Å². The van der Waals surface area contributed by atoms with Gasteiger partial charge < -0.3 is 0 Å². The first-order valence-electron chi connectivity index (χ1n) is 6.07. The van der Waals surface area contributed by atoms with Crippen molar-refractivity contribution in [1.29, 1.82) is 0 Å². The first-order chi connectivity index (χ1) is 7.70. The minimum absolute atomic E-state index is 1.10. The van der Waals surface area contributed by atoms with Gasteiger partial charge in [0.15, 0.2) is 0 Å². The van der Waals surface area contributed by atoms with Crippen LogP contribution in [0.15, 0.2) is 24.3 Å². The van der Waals surface area contributed by atoms with Crippen molar-refractivity contribution in [2.75, 3.05) is 0 Å². The third-order valence-electron chi connectivity index (χ3n) is 3.03. The van der Waals surface area contributed by atoms with Gasteiger partial charge in [-0.05, 0) is 56.0 Å². The highest BCUT2D eigenvalue weighted by Gasteiger charge is 2.01. The second-order valence-corrected chi connectivity index (χ2v) is 4.54. The fourth-order valence-electron chi connectivity index (χ4n) is 2.15. The third-order valence-corrected chi connectivity index (χ3v) is 3.03. The number of rotatable bonds is 3. The van der Waals surface area contributed by atoms with E-state index >= 15 is 0 Å². The van der Waals surface area contributed by atoms with Crippen LogP contribution in [0.5, 0.6) is 0 Å². The quantitative estimate of drug-likeness (QED) is 0.744. The molecule has 0 unspecified atom stereocenters. The Bertz CT molecular complexity index is 500. The lowest BCUT2D eigenvalue weighted by molar-refractivity contribution is 0.796. The molecule has 1 aromatic heterocycles. The molecule has 0 N–H and O–H groups in total. The standard InChI is InChI=1S/C15H19N/c1-4-5-6-13-7-8-15-14(10-13)11(2)9-12(3)16-15/h7-10H,4-6H2,1-3H3. The van der Waals surface area contributed by atoms with Crippen molar-refractivity contribution < 1.29 is 0 Å². The smallest absolute Gasteiger partial charge is 0.0708 e. The summed E-state index contributed by atoms with van der Waals surface area (Å²) in [6.07, 6.45) is 3.70. The van der Waals surface area contributed by atoms with E-state index in [1.165, 1.54) is 35.8 Å². The van der Waals surface area contributed by atoms with Gasteiger partial charge >= 0.3 is 0 Å². The summed E-state index contributed by atoms with van der Waals surface area (Å²) in [7, 11) is 0. The number of pyridine rings is 1. The molecular formula is C15H19N. The highest BCUT2D eigenvalue weighted by atomic mass is 14.7. The maximum absolute atomic E-state index is 4.56. The fraction of sp³-hybridized carbons (Fsp3) is 0.400. The lowest BCUT2D eigenvalue weighted by Gasteiger charge is -2.06. The number of hydrogen-bond donors (Lipinski definition) is 0. The van der Waals surface area contributed by atoms with E-state index in [9.17, 15) is 0 Å². The van der Waals surface area contributed by atoms with Crippen molar-refractivity contribution in [2.45, 2.75) is 40.0 Å². The zero-order chi connectivity index (χ0) is 11.5. The summed E-state index contributed by atoms with van der Waals surface area (Å²) in [5.41, 5.74) is 4.99. The van der Waals surface area contributed by atoms with Crippen LogP contribution in [0, 0.1) is 13.8 Å². The lowest BCUT2D eigenvalue weighted by Crippen LogP contribution is -1.90. The zero-order valence-electron chi connectivity index (χ0n) is 10.4. The van der Waals surface area contributed by atoms with E-state index in [4.69, 9.17) is 0 Å². The molecule has 1 aromatic carbocycles. The number of aryl methyl sites for hydroxylation is 3. The molecule has 84 valence electrons. The van der Waals surface area contributed by atoms with Crippen molar-refractivity contribution in [2.24, 2.45) is 0 Å². The average molecular weight is 213 g/mol. The highest BCUT2D eigenvalue weighted by molar-refractivity contribution is 5.82. The summed E-state index contributed by atoms with van der Waals surface area (Å²) < 4.78 is 0. The molecule has 1 heteroatoms. The van der Waals surface area contributed by atoms with Crippen LogP contribution < -0.4 is 0 Å². The number of nitrogens with zero attached hydrogens (tertiary/aromatic N) is 1. The summed E-state index contributed by atoms with van der Waals surface area (Å²) in [6, 6.07) is 8.82. The zero-order valence-corrected chi connectivity index (χ0v) is 10.4. The minimum atomic E-state index is 1.10. The minimum Gasteiger partial charge on any atom is -0.253 e. The predicted molar refractivity (Wildman–Crippen MR) is 69.8 cm³/mol. The number of benzene rings is 1. The molecule has 1 heterocycles. The summed E-state index contributed by atoms with van der Waals surface area (Å²) in [5.74, 6) is 0. The Morgan fingerprint density at radius 1 is 1.12 bits per heavy atom. The normalized spacial score (nSPS) is 10.9. The number of aromatic nitrogens is 1. The Hall–Kier alpha value is -1.37. The fourth-order valence-corrected chi connectivity index (χ4v) is 2.15. The van der Waals surface area contributed by atoms with Gasteiger partial charge in [-0.1, -0.05) is 19.4 Å². The molecule has 2 aromatic rings. The predicted octanol–water partition coefficient (Wildman–Crippen LogP) is 4.19. The third kappa shape index (κ3) is 2.24. The van der Waals surface area contributed by atoms with Crippen molar-refractivity contribution in [3.8, 4) is 0 Å². The summed E-state index contributed by atoms with van der Waals surface area (Å²) >= 11 is 0. The summed E-state index contributed by atoms with van der Waals surface area (Å²) in [4.78, 5) is 4.56. The van der Waals surface area contributed by atoms with E-state index < -0.39 is 0 Å². The molecule has 16 heavy (non-hydrogen) atoms. The van der Waals surface area contributed by atoms with Gasteiger partial charge in [0.05, 0.1) is 5.52 Å². The van der Waals surface area contributed by atoms with Crippen LogP contribution in [0.4, 0.5) is 0 Å². The first kappa shape index (κ1) is 11.1. The Balaban J connectivity index is 2.45. The van der Waals surface area contributed by atoms with Crippen LogP contribution in [0.1, 0.15) is 36.6 Å². The molecule has 0 bridgehead atoms. The maximum atomic E-state index is 4.56. The van der Waals surface area contributed by atoms with Crippen molar-refractivity contribution in [1.82, 2.24) is 4.98 Å². The monoisotopic (exact) mass is 213 g/mol. The van der Waals surface area contributed by atoms with Gasteiger partial charge in [-0.25, -0.2) is 0 Å². The van der Waals surface area contributed by atoms with Crippen molar-refractivity contribution in [3.63, 3.8) is 0 Å². The van der Waals surface area contributed by atoms with Crippen molar-refractivity contribution >= 4 is 10.9 Å². The second kappa shape index (κ2) is 4.65. The van der Waals surface area contributed by atoms with Gasteiger partial charge in [-0.15, -0.1) is 0 Å². The number of hydrogen-bond acceptors (Lipinski definition) is 1. The molecule has 2 rings (SSSR count). The summed E-state index contributed by atoms with van der Waals surface area (Å²) in [5, 5.41) is 1.30. The van der Waals surface area contributed by atoms with Gasteiger partial charge in [-0.2, -0.15) is 0 Å². The first-order valence-corrected chi connectivity index (χ1v) is 6.07. The van der Waals surface area contributed by atoms with Crippen LogP contribution in [0.2, 0.25) is 0 Å². The Morgan fingerprint density at radius 3 is 2.69 bits per heavy atom. The average Bonchev–Trinajstić information content (AvgIpc) is 2.26. The van der Waals surface area contributed by atoms with E-state index in [0.29, 0.717) is 0 Å². The second-order valence-electron chi connectivity index (χ2n) is 4.54. The van der Waals surface area contributed by atoms with Crippen LogP contribution in [0.3, 0.4) is 0 Å². The number of fused-ring (bicyclic) bond motifs is 1. The topological polar surface area (TPSA) is 12.9 Å². The van der Waals surface area contributed by atoms with E-state index in [0.717, 1.165) is 11.2 Å². The van der Waals surface area contributed by atoms with Gasteiger partial charge in [0.2, 0.25) is 0 Å². The van der Waals surface area contributed by atoms with E-state index in [1.807, 2.05) is 0 Å². The maximum Gasteiger partial charge on any atom is 0.0708 e. The highest BCUT2D eigenvalue weighted by Crippen LogP contribution is 2.20. The molecule has 1 nitrogen and oxygen atoms in total. The largest absolute Gasteiger partial charge is 0.253 e. The van der Waals surface area contributed by atoms with Gasteiger partial charge in [0.1, 0.15) is 0 Å². The Kier molecular flexibility index (Phi) is 3.23. The Morgan fingerprint density at radius 2 is 1.94 bits per heavy atom. The van der Waals surface area contributed by atoms with Crippen LogP contribution in [-0.2, 0) is 6.42 Å². The van der Waals surface area contributed by atoms with Crippen molar-refractivity contribution in [3.05, 3.63) is 41.1 Å². The van der Waals surface area contributed by atoms with E-state index in [-0.39, 0.29) is 0 Å². The molecule has 0 spiro atoms. The van der Waals surface area contributed by atoms with Crippen LogP contribution in [0.25, 0.3) is 10.9 Å². The molecule has 0 amide bonds. The molecule has 0 aliphatic rings. The molecular weight excluding hydrogens is 194 g/mol. The van der Waals surface area contributed by atoms with Gasteiger partial charge in [0.25, 0.3) is 0 Å². The molecule has 0 saturated heterocycles. The van der Waals surface area contributed by atoms with Crippen LogP contribution in [-0.4, -0.2) is 4.98 Å². The molecule has 0 radical (unpaired) electrons. The lowest BCUT2D eigenvalue weighted by atomic mass is 10.0.